The van der Waals surface area contributed by atoms with Gasteiger partial charge in [0.1, 0.15) is 0 Å². The van der Waals surface area contributed by atoms with Crippen molar-refractivity contribution in [2.45, 2.75) is 38.3 Å². The van der Waals surface area contributed by atoms with Gasteiger partial charge >= 0.3 is 0 Å². The second-order valence-electron chi connectivity index (χ2n) is 8.25. The molecule has 0 saturated carbocycles. The van der Waals surface area contributed by atoms with Crippen LogP contribution in [-0.2, 0) is 11.3 Å². The van der Waals surface area contributed by atoms with Crippen LogP contribution < -0.4 is 0 Å². The van der Waals surface area contributed by atoms with E-state index in [1.165, 1.54) is 0 Å². The molecule has 2 aliphatic heterocycles. The number of rotatable bonds is 3. The molecule has 2 aliphatic rings. The minimum atomic E-state index is 0.0392. The number of hydrogen-bond donors (Lipinski definition) is 0. The third kappa shape index (κ3) is 3.69. The number of piperazine rings is 1. The summed E-state index contributed by atoms with van der Waals surface area (Å²) >= 11 is 0. The topological polar surface area (TPSA) is 65.7 Å². The lowest BCUT2D eigenvalue weighted by Gasteiger charge is -2.49. The lowest BCUT2D eigenvalue weighted by atomic mass is 9.86. The average Bonchev–Trinajstić information content (AvgIpc) is 3.09. The maximum Gasteiger partial charge on any atom is 0.241 e. The summed E-state index contributed by atoms with van der Waals surface area (Å²) in [7, 11) is 4.10. The largest absolute Gasteiger partial charge is 0.346 e. The van der Waals surface area contributed by atoms with Crippen LogP contribution in [0.25, 0.3) is 11.4 Å². The molecule has 7 nitrogen and oxygen atoms in total. The number of aromatic nitrogens is 2. The van der Waals surface area contributed by atoms with Gasteiger partial charge in [0, 0.05) is 50.7 Å². The predicted octanol–water partition coefficient (Wildman–Crippen LogP) is 2.17. The lowest BCUT2D eigenvalue weighted by molar-refractivity contribution is -0.129. The molecule has 2 fully saturated rings. The fraction of sp³-hybridized carbons (Fsp3) is 0.571. The molecule has 1 amide bonds. The molecule has 0 N–H and O–H groups in total. The van der Waals surface area contributed by atoms with E-state index < -0.39 is 0 Å². The molecule has 2 saturated heterocycles. The Morgan fingerprint density at radius 1 is 1.14 bits per heavy atom. The highest BCUT2D eigenvalue weighted by molar-refractivity contribution is 5.76. The van der Waals surface area contributed by atoms with E-state index in [1.807, 2.05) is 30.1 Å². The second kappa shape index (κ2) is 7.64. The fourth-order valence-electron chi connectivity index (χ4n) is 4.42. The van der Waals surface area contributed by atoms with E-state index in [0.717, 1.165) is 50.1 Å². The Kier molecular flexibility index (Phi) is 5.21. The Morgan fingerprint density at radius 2 is 1.96 bits per heavy atom. The van der Waals surface area contributed by atoms with E-state index >= 15 is 0 Å². The summed E-state index contributed by atoms with van der Waals surface area (Å²) in [5.74, 6) is 1.56. The summed E-state index contributed by atoms with van der Waals surface area (Å²) in [6, 6.07) is 8.08. The lowest BCUT2D eigenvalue weighted by Crippen LogP contribution is -2.60. The monoisotopic (exact) mass is 383 g/mol. The van der Waals surface area contributed by atoms with Crippen molar-refractivity contribution in [3.8, 4) is 11.4 Å². The molecule has 0 aliphatic carbocycles. The zero-order valence-corrected chi connectivity index (χ0v) is 17.0. The van der Waals surface area contributed by atoms with Crippen LogP contribution in [-0.4, -0.2) is 76.6 Å². The van der Waals surface area contributed by atoms with Crippen LogP contribution in [0.5, 0.6) is 0 Å². The van der Waals surface area contributed by atoms with Crippen LogP contribution in [0.1, 0.15) is 30.7 Å². The van der Waals surface area contributed by atoms with Crippen molar-refractivity contribution in [3.63, 3.8) is 0 Å². The minimum absolute atomic E-state index is 0.0392. The summed E-state index contributed by atoms with van der Waals surface area (Å²) in [6.45, 7) is 6.39. The Hall–Kier alpha value is -2.25. The molecule has 150 valence electrons. The maximum atomic E-state index is 12.1. The normalized spacial score (nSPS) is 24.7. The molecule has 1 aromatic heterocycles. The first kappa shape index (κ1) is 19.1. The number of hydrogen-bond acceptors (Lipinski definition) is 6. The number of benzene rings is 1. The third-order valence-electron chi connectivity index (χ3n) is 6.43. The predicted molar refractivity (Wildman–Crippen MR) is 107 cm³/mol. The van der Waals surface area contributed by atoms with Crippen LogP contribution in [0.3, 0.4) is 0 Å². The molecule has 3 heterocycles. The highest BCUT2D eigenvalue weighted by atomic mass is 16.5. The van der Waals surface area contributed by atoms with Gasteiger partial charge in [0.05, 0.1) is 6.54 Å². The second-order valence-corrected chi connectivity index (χ2v) is 8.25. The molecule has 1 atom stereocenters. The van der Waals surface area contributed by atoms with E-state index in [4.69, 9.17) is 4.52 Å². The molecule has 1 aromatic carbocycles. The summed E-state index contributed by atoms with van der Waals surface area (Å²) in [5, 5.41) is 4.19. The Bertz CT molecular complexity index is 851. The van der Waals surface area contributed by atoms with Gasteiger partial charge in [-0.05, 0) is 32.4 Å². The van der Waals surface area contributed by atoms with Crippen LogP contribution in [0.2, 0.25) is 0 Å². The Balaban J connectivity index is 1.47. The van der Waals surface area contributed by atoms with Crippen molar-refractivity contribution in [2.75, 3.05) is 40.3 Å². The number of aryl methyl sites for hydroxylation is 1. The summed E-state index contributed by atoms with van der Waals surface area (Å²) in [5.41, 5.74) is 2.19. The van der Waals surface area contributed by atoms with Crippen molar-refractivity contribution in [2.24, 2.45) is 0 Å². The first-order valence-corrected chi connectivity index (χ1v) is 10.0. The van der Waals surface area contributed by atoms with E-state index in [1.54, 1.807) is 0 Å². The average molecular weight is 383 g/mol. The van der Waals surface area contributed by atoms with Crippen molar-refractivity contribution in [1.29, 1.82) is 0 Å². The molecule has 0 radical (unpaired) electrons. The van der Waals surface area contributed by atoms with Crippen LogP contribution in [0.4, 0.5) is 0 Å². The number of nitrogens with zero attached hydrogens (tertiary/aromatic N) is 5. The first-order valence-electron chi connectivity index (χ1n) is 10.0. The molecule has 1 spiro atoms. The van der Waals surface area contributed by atoms with Crippen molar-refractivity contribution in [1.82, 2.24) is 24.8 Å². The number of carbonyl (C=O) groups is 1. The van der Waals surface area contributed by atoms with Crippen LogP contribution in [0.15, 0.2) is 28.8 Å². The maximum absolute atomic E-state index is 12.1. The van der Waals surface area contributed by atoms with E-state index in [-0.39, 0.29) is 11.4 Å². The van der Waals surface area contributed by atoms with Crippen LogP contribution >= 0.6 is 0 Å². The van der Waals surface area contributed by atoms with Crippen molar-refractivity contribution < 1.29 is 9.32 Å². The van der Waals surface area contributed by atoms with Gasteiger partial charge < -0.3 is 9.42 Å². The van der Waals surface area contributed by atoms with Gasteiger partial charge in [0.15, 0.2) is 0 Å². The number of likely N-dealkylation sites (tertiary alicyclic amines) is 1. The molecule has 0 unspecified atom stereocenters. The zero-order valence-electron chi connectivity index (χ0n) is 17.0. The summed E-state index contributed by atoms with van der Waals surface area (Å²) in [6.07, 6.45) is 2.52. The number of likely N-dealkylation sites (N-methyl/N-ethyl adjacent to an activating group) is 1. The third-order valence-corrected chi connectivity index (χ3v) is 6.43. The van der Waals surface area contributed by atoms with Gasteiger partial charge in [-0.3, -0.25) is 14.6 Å². The van der Waals surface area contributed by atoms with Gasteiger partial charge in [-0.2, -0.15) is 4.98 Å². The number of carbonyl (C=O) groups excluding carboxylic acids is 1. The highest BCUT2D eigenvalue weighted by Gasteiger charge is 2.42. The van der Waals surface area contributed by atoms with Gasteiger partial charge in [-0.1, -0.05) is 29.4 Å². The summed E-state index contributed by atoms with van der Waals surface area (Å²) in [4.78, 5) is 23.5. The minimum Gasteiger partial charge on any atom is -0.346 e. The molecule has 0 bridgehead atoms. The van der Waals surface area contributed by atoms with Gasteiger partial charge in [-0.25, -0.2) is 0 Å². The number of amides is 1. The molecule has 28 heavy (non-hydrogen) atoms. The first-order chi connectivity index (χ1) is 13.5. The highest BCUT2D eigenvalue weighted by Crippen LogP contribution is 2.32. The Labute approximate surface area is 166 Å². The van der Waals surface area contributed by atoms with Gasteiger partial charge in [0.2, 0.25) is 17.6 Å². The van der Waals surface area contributed by atoms with Gasteiger partial charge in [0.25, 0.3) is 0 Å². The zero-order chi connectivity index (χ0) is 19.7. The standard InChI is InChI=1S/C21H29N5O2/c1-16-6-4-5-7-17(16)20-22-18(28-23-20)14-26-13-12-25(3)21(15-26)9-8-19(27)24(2)11-10-21/h4-7H,8-15H2,1-3H3/t21-/m1/s1. The SMILES string of the molecule is Cc1ccccc1-c1noc(CN2CCN(C)[C@@]3(CCC(=O)N(C)CC3)C2)n1. The van der Waals surface area contributed by atoms with Crippen LogP contribution in [0, 0.1) is 6.92 Å². The van der Waals surface area contributed by atoms with Crippen molar-refractivity contribution >= 4 is 5.91 Å². The van der Waals surface area contributed by atoms with Crippen molar-refractivity contribution in [3.05, 3.63) is 35.7 Å². The van der Waals surface area contributed by atoms with E-state index in [2.05, 4.69) is 40.0 Å². The van der Waals surface area contributed by atoms with E-state index in [0.29, 0.717) is 24.7 Å². The fourth-order valence-corrected chi connectivity index (χ4v) is 4.42. The quantitative estimate of drug-likeness (QED) is 0.809. The molecule has 7 heteroatoms. The Morgan fingerprint density at radius 3 is 2.79 bits per heavy atom. The molecule has 4 rings (SSSR count). The van der Waals surface area contributed by atoms with E-state index in [9.17, 15) is 4.79 Å². The smallest absolute Gasteiger partial charge is 0.241 e. The molecular weight excluding hydrogens is 354 g/mol. The van der Waals surface area contributed by atoms with Gasteiger partial charge in [-0.15, -0.1) is 0 Å². The molecule has 2 aromatic rings. The molecular formula is C21H29N5O2. The summed E-state index contributed by atoms with van der Waals surface area (Å²) < 4.78 is 5.56.